The number of rotatable bonds is 2. The van der Waals surface area contributed by atoms with Gasteiger partial charge in [0.05, 0.1) is 0 Å². The highest BCUT2D eigenvalue weighted by molar-refractivity contribution is 4.92. The second-order valence-corrected chi connectivity index (χ2v) is 5.81. The van der Waals surface area contributed by atoms with Gasteiger partial charge in [-0.2, -0.15) is 0 Å². The average molecular weight is 226 g/mol. The summed E-state index contributed by atoms with van der Waals surface area (Å²) in [5.74, 6) is 0.817. The van der Waals surface area contributed by atoms with Crippen LogP contribution in [0.3, 0.4) is 0 Å². The number of nitrogens with two attached hydrogens (primary N) is 1. The van der Waals surface area contributed by atoms with E-state index < -0.39 is 0 Å². The molecule has 2 atom stereocenters. The molecule has 2 rings (SSSR count). The molecule has 2 unspecified atom stereocenters. The van der Waals surface area contributed by atoms with Crippen LogP contribution in [-0.4, -0.2) is 42.8 Å². The van der Waals surface area contributed by atoms with Gasteiger partial charge in [-0.05, 0) is 45.1 Å². The Hall–Kier alpha value is -0.120. The van der Waals surface area contributed by atoms with Crippen LogP contribution in [0.5, 0.6) is 0 Å². The van der Waals surface area contributed by atoms with Gasteiger partial charge in [-0.3, -0.25) is 4.90 Å². The standard InChI is InChI=1S/C13H26N2O/c1-11-4-3-7-15(12(11)2)10-13(14)5-8-16-9-6-13/h11-12H,3-10,14H2,1-2H3. The molecule has 2 aliphatic heterocycles. The van der Waals surface area contributed by atoms with Gasteiger partial charge in [0.25, 0.3) is 0 Å². The highest BCUT2D eigenvalue weighted by atomic mass is 16.5. The second kappa shape index (κ2) is 5.03. The Balaban J connectivity index is 1.92. The first kappa shape index (κ1) is 12.3. The maximum atomic E-state index is 6.48. The first-order valence-corrected chi connectivity index (χ1v) is 6.71. The van der Waals surface area contributed by atoms with Crippen LogP contribution >= 0.6 is 0 Å². The average Bonchev–Trinajstić information content (AvgIpc) is 2.26. The maximum absolute atomic E-state index is 6.48. The summed E-state index contributed by atoms with van der Waals surface area (Å²) in [5.41, 5.74) is 6.48. The smallest absolute Gasteiger partial charge is 0.0484 e. The Labute approximate surface area is 99.3 Å². The third-order valence-electron chi connectivity index (χ3n) is 4.51. The van der Waals surface area contributed by atoms with Gasteiger partial charge in [-0.25, -0.2) is 0 Å². The van der Waals surface area contributed by atoms with E-state index in [9.17, 15) is 0 Å². The first-order chi connectivity index (χ1) is 7.61. The molecule has 0 aromatic rings. The quantitative estimate of drug-likeness (QED) is 0.777. The zero-order valence-electron chi connectivity index (χ0n) is 10.7. The number of likely N-dealkylation sites (tertiary alicyclic amines) is 1. The molecule has 0 saturated carbocycles. The third kappa shape index (κ3) is 2.76. The van der Waals surface area contributed by atoms with Crippen molar-refractivity contribution in [2.45, 2.75) is 51.1 Å². The van der Waals surface area contributed by atoms with Crippen molar-refractivity contribution in [2.75, 3.05) is 26.3 Å². The summed E-state index contributed by atoms with van der Waals surface area (Å²) in [5, 5.41) is 0. The molecule has 94 valence electrons. The van der Waals surface area contributed by atoms with Gasteiger partial charge in [0.2, 0.25) is 0 Å². The van der Waals surface area contributed by atoms with E-state index in [1.54, 1.807) is 0 Å². The molecular weight excluding hydrogens is 200 g/mol. The van der Waals surface area contributed by atoms with E-state index in [-0.39, 0.29) is 5.54 Å². The van der Waals surface area contributed by atoms with Crippen LogP contribution < -0.4 is 5.73 Å². The van der Waals surface area contributed by atoms with Crippen molar-refractivity contribution < 1.29 is 4.74 Å². The lowest BCUT2D eigenvalue weighted by atomic mass is 9.86. The number of piperidine rings is 1. The fourth-order valence-corrected chi connectivity index (χ4v) is 2.98. The Morgan fingerprint density at radius 2 is 2.00 bits per heavy atom. The molecule has 2 aliphatic rings. The fraction of sp³-hybridized carbons (Fsp3) is 1.00. The predicted molar refractivity (Wildman–Crippen MR) is 66.4 cm³/mol. The van der Waals surface area contributed by atoms with E-state index in [1.807, 2.05) is 0 Å². The van der Waals surface area contributed by atoms with Crippen molar-refractivity contribution in [1.82, 2.24) is 4.90 Å². The number of hydrogen-bond acceptors (Lipinski definition) is 3. The van der Waals surface area contributed by atoms with E-state index in [0.29, 0.717) is 6.04 Å². The number of ether oxygens (including phenoxy) is 1. The van der Waals surface area contributed by atoms with Gasteiger partial charge in [0.1, 0.15) is 0 Å². The Morgan fingerprint density at radius 3 is 2.69 bits per heavy atom. The normalized spacial score (nSPS) is 36.2. The lowest BCUT2D eigenvalue weighted by Crippen LogP contribution is -2.57. The van der Waals surface area contributed by atoms with Gasteiger partial charge < -0.3 is 10.5 Å². The van der Waals surface area contributed by atoms with E-state index in [0.717, 1.165) is 38.5 Å². The zero-order valence-corrected chi connectivity index (χ0v) is 10.7. The minimum absolute atomic E-state index is 0.00354. The molecule has 16 heavy (non-hydrogen) atoms. The lowest BCUT2D eigenvalue weighted by molar-refractivity contribution is 0.0178. The molecule has 0 aliphatic carbocycles. The van der Waals surface area contributed by atoms with E-state index in [1.165, 1.54) is 19.4 Å². The highest BCUT2D eigenvalue weighted by Crippen LogP contribution is 2.26. The van der Waals surface area contributed by atoms with Crippen molar-refractivity contribution in [2.24, 2.45) is 11.7 Å². The van der Waals surface area contributed by atoms with E-state index in [4.69, 9.17) is 10.5 Å². The summed E-state index contributed by atoms with van der Waals surface area (Å²) in [6.07, 6.45) is 4.74. The third-order valence-corrected chi connectivity index (χ3v) is 4.51. The Kier molecular flexibility index (Phi) is 3.88. The van der Waals surface area contributed by atoms with Crippen LogP contribution in [0.4, 0.5) is 0 Å². The Morgan fingerprint density at radius 1 is 1.31 bits per heavy atom. The second-order valence-electron chi connectivity index (χ2n) is 5.81. The van der Waals surface area contributed by atoms with Gasteiger partial charge in [0, 0.05) is 31.3 Å². The molecule has 0 radical (unpaired) electrons. The first-order valence-electron chi connectivity index (χ1n) is 6.71. The summed E-state index contributed by atoms with van der Waals surface area (Å²) < 4.78 is 5.40. The molecule has 2 heterocycles. The van der Waals surface area contributed by atoms with Gasteiger partial charge in [-0.15, -0.1) is 0 Å². The minimum Gasteiger partial charge on any atom is -0.381 e. The molecule has 0 amide bonds. The van der Waals surface area contributed by atoms with Crippen molar-refractivity contribution in [3.05, 3.63) is 0 Å². The van der Waals surface area contributed by atoms with Crippen LogP contribution in [0.2, 0.25) is 0 Å². The lowest BCUT2D eigenvalue weighted by Gasteiger charge is -2.44. The predicted octanol–water partition coefficient (Wildman–Crippen LogP) is 1.61. The van der Waals surface area contributed by atoms with Gasteiger partial charge >= 0.3 is 0 Å². The highest BCUT2D eigenvalue weighted by Gasteiger charge is 2.34. The number of nitrogens with zero attached hydrogens (tertiary/aromatic N) is 1. The van der Waals surface area contributed by atoms with E-state index >= 15 is 0 Å². The molecule has 0 aromatic heterocycles. The monoisotopic (exact) mass is 226 g/mol. The van der Waals surface area contributed by atoms with Crippen LogP contribution in [0.1, 0.15) is 39.5 Å². The van der Waals surface area contributed by atoms with E-state index in [2.05, 4.69) is 18.7 Å². The summed E-state index contributed by atoms with van der Waals surface area (Å²) in [6, 6.07) is 0.692. The van der Waals surface area contributed by atoms with Crippen molar-refractivity contribution >= 4 is 0 Å². The van der Waals surface area contributed by atoms with Crippen molar-refractivity contribution in [1.29, 1.82) is 0 Å². The van der Waals surface area contributed by atoms with Gasteiger partial charge in [-0.1, -0.05) is 6.92 Å². The summed E-state index contributed by atoms with van der Waals surface area (Å²) >= 11 is 0. The van der Waals surface area contributed by atoms with Crippen molar-refractivity contribution in [3.63, 3.8) is 0 Å². The van der Waals surface area contributed by atoms with Crippen LogP contribution in [0.25, 0.3) is 0 Å². The summed E-state index contributed by atoms with van der Waals surface area (Å²) in [4.78, 5) is 2.60. The topological polar surface area (TPSA) is 38.5 Å². The SMILES string of the molecule is CC1CCCN(CC2(N)CCOCC2)C1C. The molecule has 0 aromatic carbocycles. The molecule has 2 saturated heterocycles. The molecule has 0 bridgehead atoms. The summed E-state index contributed by atoms with van der Waals surface area (Å²) in [7, 11) is 0. The zero-order chi connectivity index (χ0) is 11.6. The Bertz CT molecular complexity index is 226. The molecule has 3 heteroatoms. The molecule has 3 nitrogen and oxygen atoms in total. The number of hydrogen-bond donors (Lipinski definition) is 1. The van der Waals surface area contributed by atoms with Crippen LogP contribution in [0.15, 0.2) is 0 Å². The van der Waals surface area contributed by atoms with Crippen molar-refractivity contribution in [3.8, 4) is 0 Å². The summed E-state index contributed by atoms with van der Waals surface area (Å²) in [6.45, 7) is 8.69. The minimum atomic E-state index is 0.00354. The molecule has 2 N–H and O–H groups in total. The fourth-order valence-electron chi connectivity index (χ4n) is 2.98. The largest absolute Gasteiger partial charge is 0.381 e. The van der Waals surface area contributed by atoms with Gasteiger partial charge in [0.15, 0.2) is 0 Å². The maximum Gasteiger partial charge on any atom is 0.0484 e. The molecule has 2 fully saturated rings. The van der Waals surface area contributed by atoms with Crippen LogP contribution in [-0.2, 0) is 4.74 Å². The molecule has 0 spiro atoms. The molecular formula is C13H26N2O. The van der Waals surface area contributed by atoms with Crippen LogP contribution in [0, 0.1) is 5.92 Å².